The van der Waals surface area contributed by atoms with Gasteiger partial charge in [0, 0.05) is 38.3 Å². The van der Waals surface area contributed by atoms with Gasteiger partial charge in [0.25, 0.3) is 0 Å². The van der Waals surface area contributed by atoms with Crippen LogP contribution in [0.15, 0.2) is 12.4 Å². The Balaban J connectivity index is 2.27. The average molecular weight is 210 g/mol. The summed E-state index contributed by atoms with van der Waals surface area (Å²) in [5, 5.41) is 9.69. The highest BCUT2D eigenvalue weighted by atomic mass is 16.2. The smallest absolute Gasteiger partial charge is 0.223 e. The monoisotopic (exact) mass is 210 g/mol. The van der Waals surface area contributed by atoms with Gasteiger partial charge in [-0.2, -0.15) is 5.10 Å². The molecule has 1 aromatic heterocycles. The van der Waals surface area contributed by atoms with E-state index >= 15 is 0 Å². The van der Waals surface area contributed by atoms with Gasteiger partial charge in [0.1, 0.15) is 0 Å². The summed E-state index contributed by atoms with van der Waals surface area (Å²) >= 11 is 0. The average Bonchev–Trinajstić information content (AvgIpc) is 2.70. The molecule has 84 valence electrons. The van der Waals surface area contributed by atoms with Crippen LogP contribution in [-0.2, 0) is 11.3 Å². The van der Waals surface area contributed by atoms with E-state index in [9.17, 15) is 4.79 Å². The van der Waals surface area contributed by atoms with Crippen molar-refractivity contribution in [3.63, 3.8) is 0 Å². The number of amides is 1. The van der Waals surface area contributed by atoms with E-state index in [0.29, 0.717) is 13.0 Å². The molecular weight excluding hydrogens is 192 g/mol. The molecule has 5 nitrogen and oxygen atoms in total. The number of H-pyrrole nitrogens is 1. The second-order valence-electron chi connectivity index (χ2n) is 3.46. The predicted molar refractivity (Wildman–Crippen MR) is 58.2 cm³/mol. The molecule has 5 heteroatoms. The summed E-state index contributed by atoms with van der Waals surface area (Å²) in [7, 11) is 1.81. The predicted octanol–water partition coefficient (Wildman–Crippen LogP) is 0.368. The number of carbonyl (C=O) groups is 1. The van der Waals surface area contributed by atoms with Crippen molar-refractivity contribution in [2.45, 2.75) is 19.9 Å². The van der Waals surface area contributed by atoms with Crippen LogP contribution in [0.2, 0.25) is 0 Å². The molecule has 0 spiro atoms. The van der Waals surface area contributed by atoms with Crippen molar-refractivity contribution >= 4 is 5.91 Å². The summed E-state index contributed by atoms with van der Waals surface area (Å²) in [6.07, 6.45) is 4.07. The maximum absolute atomic E-state index is 11.6. The van der Waals surface area contributed by atoms with Crippen LogP contribution in [0, 0.1) is 0 Å². The highest BCUT2D eigenvalue weighted by Crippen LogP contribution is 2.00. The molecule has 0 aliphatic carbocycles. The van der Waals surface area contributed by atoms with Crippen LogP contribution in [0.4, 0.5) is 0 Å². The third-order valence-electron chi connectivity index (χ3n) is 2.17. The quantitative estimate of drug-likeness (QED) is 0.667. The molecule has 0 aliphatic rings. The van der Waals surface area contributed by atoms with E-state index in [-0.39, 0.29) is 5.91 Å². The van der Waals surface area contributed by atoms with E-state index in [1.807, 2.05) is 6.92 Å². The van der Waals surface area contributed by atoms with E-state index in [2.05, 4.69) is 15.5 Å². The Morgan fingerprint density at radius 2 is 2.47 bits per heavy atom. The summed E-state index contributed by atoms with van der Waals surface area (Å²) < 4.78 is 0. The van der Waals surface area contributed by atoms with Crippen LogP contribution in [0.25, 0.3) is 0 Å². The lowest BCUT2D eigenvalue weighted by molar-refractivity contribution is -0.130. The van der Waals surface area contributed by atoms with Crippen molar-refractivity contribution < 1.29 is 4.79 Å². The van der Waals surface area contributed by atoms with Gasteiger partial charge in [-0.3, -0.25) is 9.89 Å². The maximum atomic E-state index is 11.6. The molecule has 0 saturated heterocycles. The molecule has 0 radical (unpaired) electrons. The molecule has 1 aromatic rings. The third kappa shape index (κ3) is 4.12. The first-order valence-corrected chi connectivity index (χ1v) is 5.16. The Morgan fingerprint density at radius 3 is 3.07 bits per heavy atom. The highest BCUT2D eigenvalue weighted by Gasteiger charge is 2.08. The molecule has 1 heterocycles. The van der Waals surface area contributed by atoms with Crippen LogP contribution in [-0.4, -0.2) is 41.1 Å². The van der Waals surface area contributed by atoms with Crippen molar-refractivity contribution in [1.82, 2.24) is 20.4 Å². The largest absolute Gasteiger partial charge is 0.341 e. The lowest BCUT2D eigenvalue weighted by Gasteiger charge is -2.16. The van der Waals surface area contributed by atoms with Crippen molar-refractivity contribution in [2.75, 3.05) is 20.1 Å². The van der Waals surface area contributed by atoms with Crippen molar-refractivity contribution in [3.05, 3.63) is 18.0 Å². The van der Waals surface area contributed by atoms with Crippen LogP contribution in [0.3, 0.4) is 0 Å². The van der Waals surface area contributed by atoms with Crippen LogP contribution >= 0.6 is 0 Å². The minimum absolute atomic E-state index is 0.150. The van der Waals surface area contributed by atoms with E-state index in [0.717, 1.165) is 18.7 Å². The molecule has 15 heavy (non-hydrogen) atoms. The van der Waals surface area contributed by atoms with Crippen molar-refractivity contribution in [3.8, 4) is 0 Å². The molecule has 0 aromatic carbocycles. The number of aromatic amines is 1. The standard InChI is InChI=1S/C10H18N4O/c1-3-11-5-4-10(15)14(2)8-9-6-12-13-7-9/h6-7,11H,3-5,8H2,1-2H3,(H,12,13). The number of rotatable bonds is 6. The zero-order valence-electron chi connectivity index (χ0n) is 9.29. The van der Waals surface area contributed by atoms with Crippen LogP contribution in [0.1, 0.15) is 18.9 Å². The lowest BCUT2D eigenvalue weighted by atomic mass is 10.3. The number of nitrogens with zero attached hydrogens (tertiary/aromatic N) is 2. The third-order valence-corrected chi connectivity index (χ3v) is 2.17. The molecule has 0 fully saturated rings. The van der Waals surface area contributed by atoms with Crippen LogP contribution in [0.5, 0.6) is 0 Å². The summed E-state index contributed by atoms with van der Waals surface area (Å²) in [6, 6.07) is 0. The molecule has 1 rings (SSSR count). The summed E-state index contributed by atoms with van der Waals surface area (Å²) in [5.41, 5.74) is 1.02. The topological polar surface area (TPSA) is 61.0 Å². The number of hydrogen-bond acceptors (Lipinski definition) is 3. The SMILES string of the molecule is CCNCCC(=O)N(C)Cc1cn[nH]c1. The van der Waals surface area contributed by atoms with Gasteiger partial charge in [0.2, 0.25) is 5.91 Å². The second kappa shape index (κ2) is 6.19. The summed E-state index contributed by atoms with van der Waals surface area (Å²) in [6.45, 7) is 4.28. The Kier molecular flexibility index (Phi) is 4.83. The minimum atomic E-state index is 0.150. The first-order chi connectivity index (χ1) is 7.24. The fraction of sp³-hybridized carbons (Fsp3) is 0.600. The van der Waals surface area contributed by atoms with Crippen LogP contribution < -0.4 is 5.32 Å². The number of hydrogen-bond donors (Lipinski definition) is 2. The molecule has 0 unspecified atom stereocenters. The fourth-order valence-electron chi connectivity index (χ4n) is 1.29. The summed E-state index contributed by atoms with van der Waals surface area (Å²) in [4.78, 5) is 13.3. The Labute approximate surface area is 89.9 Å². The number of carbonyl (C=O) groups excluding carboxylic acids is 1. The molecule has 0 atom stereocenters. The molecule has 0 saturated carbocycles. The molecule has 1 amide bonds. The maximum Gasteiger partial charge on any atom is 0.223 e. The molecule has 2 N–H and O–H groups in total. The van der Waals surface area contributed by atoms with E-state index in [1.54, 1.807) is 24.3 Å². The van der Waals surface area contributed by atoms with Gasteiger partial charge in [-0.1, -0.05) is 6.92 Å². The number of aromatic nitrogens is 2. The Morgan fingerprint density at radius 1 is 1.67 bits per heavy atom. The zero-order valence-corrected chi connectivity index (χ0v) is 9.29. The van der Waals surface area contributed by atoms with Gasteiger partial charge in [0.05, 0.1) is 6.20 Å². The van der Waals surface area contributed by atoms with Crippen molar-refractivity contribution in [1.29, 1.82) is 0 Å². The van der Waals surface area contributed by atoms with E-state index < -0.39 is 0 Å². The molecular formula is C10H18N4O. The number of nitrogens with one attached hydrogen (secondary N) is 2. The van der Waals surface area contributed by atoms with Gasteiger partial charge < -0.3 is 10.2 Å². The lowest BCUT2D eigenvalue weighted by Crippen LogP contribution is -2.29. The summed E-state index contributed by atoms with van der Waals surface area (Å²) in [5.74, 6) is 0.150. The van der Waals surface area contributed by atoms with Gasteiger partial charge in [-0.25, -0.2) is 0 Å². The van der Waals surface area contributed by atoms with Gasteiger partial charge in [-0.15, -0.1) is 0 Å². The van der Waals surface area contributed by atoms with Gasteiger partial charge in [-0.05, 0) is 6.54 Å². The van der Waals surface area contributed by atoms with Gasteiger partial charge >= 0.3 is 0 Å². The van der Waals surface area contributed by atoms with E-state index in [4.69, 9.17) is 0 Å². The highest BCUT2D eigenvalue weighted by molar-refractivity contribution is 5.76. The Bertz CT molecular complexity index is 284. The Hall–Kier alpha value is -1.36. The normalized spacial score (nSPS) is 10.3. The minimum Gasteiger partial charge on any atom is -0.341 e. The second-order valence-corrected chi connectivity index (χ2v) is 3.46. The van der Waals surface area contributed by atoms with Gasteiger partial charge in [0.15, 0.2) is 0 Å². The zero-order chi connectivity index (χ0) is 11.1. The molecule has 0 bridgehead atoms. The first kappa shape index (κ1) is 11.7. The van der Waals surface area contributed by atoms with E-state index in [1.165, 1.54) is 0 Å². The first-order valence-electron chi connectivity index (χ1n) is 5.16. The molecule has 0 aliphatic heterocycles. The van der Waals surface area contributed by atoms with Crippen molar-refractivity contribution in [2.24, 2.45) is 0 Å². The fourth-order valence-corrected chi connectivity index (χ4v) is 1.29.